The second kappa shape index (κ2) is 8.06. The monoisotopic (exact) mass is 410 g/mol. The van der Waals surface area contributed by atoms with Crippen molar-refractivity contribution < 1.29 is 28.5 Å². The molecule has 4 rings (SSSR count). The summed E-state index contributed by atoms with van der Waals surface area (Å²) in [6.45, 7) is 2.02. The van der Waals surface area contributed by atoms with E-state index in [1.54, 1.807) is 13.2 Å². The van der Waals surface area contributed by atoms with Gasteiger partial charge in [-0.2, -0.15) is 0 Å². The van der Waals surface area contributed by atoms with Gasteiger partial charge in [-0.15, -0.1) is 0 Å². The summed E-state index contributed by atoms with van der Waals surface area (Å²) in [6.07, 6.45) is 1.99. The number of allylic oxidation sites excluding steroid dienone is 1. The summed E-state index contributed by atoms with van der Waals surface area (Å²) in [4.78, 5) is 34.1. The van der Waals surface area contributed by atoms with E-state index in [1.807, 2.05) is 37.3 Å². The number of carbonyl (C=O) groups is 2. The fraction of sp³-hybridized carbons (Fsp3) is 0.364. The quantitative estimate of drug-likeness (QED) is 0.393. The zero-order valence-corrected chi connectivity index (χ0v) is 17.0. The van der Waals surface area contributed by atoms with Crippen LogP contribution in [0.4, 0.5) is 0 Å². The highest BCUT2D eigenvalue weighted by Gasteiger charge is 2.56. The molecule has 3 heterocycles. The molecule has 30 heavy (non-hydrogen) atoms. The zero-order chi connectivity index (χ0) is 21.3. The summed E-state index contributed by atoms with van der Waals surface area (Å²) in [5.74, 6) is -3.75. The van der Waals surface area contributed by atoms with Crippen LogP contribution in [0.15, 0.2) is 47.0 Å². The van der Waals surface area contributed by atoms with E-state index < -0.39 is 23.6 Å². The standard InChI is InChI=1S/C22H22N2O6/c1-4-22(29-12-28-3)15-10-17(24-20(25)18(15)21(26)30-22)19-14(11-27-2)9-13-7-5-6-8-16(13)23-19/h5-10,18H,4,11-12H2,1-3H3/t18?,22-/m1/s1. The van der Waals surface area contributed by atoms with Crippen LogP contribution in [0.3, 0.4) is 0 Å². The van der Waals surface area contributed by atoms with Gasteiger partial charge in [-0.05, 0) is 18.2 Å². The first-order valence-electron chi connectivity index (χ1n) is 9.61. The number of fused-ring (bicyclic) bond motifs is 2. The minimum absolute atomic E-state index is 0.0883. The lowest BCUT2D eigenvalue weighted by Crippen LogP contribution is -2.36. The molecule has 0 saturated carbocycles. The number of pyridine rings is 1. The van der Waals surface area contributed by atoms with Crippen LogP contribution in [0.25, 0.3) is 10.9 Å². The lowest BCUT2D eigenvalue weighted by atomic mass is 9.88. The lowest BCUT2D eigenvalue weighted by molar-refractivity contribution is -0.227. The third kappa shape index (κ3) is 3.32. The van der Waals surface area contributed by atoms with Crippen LogP contribution in [-0.2, 0) is 35.1 Å². The number of benzene rings is 1. The molecule has 1 amide bonds. The second-order valence-corrected chi connectivity index (χ2v) is 7.07. The maximum absolute atomic E-state index is 12.8. The van der Waals surface area contributed by atoms with Crippen LogP contribution < -0.4 is 0 Å². The predicted molar refractivity (Wildman–Crippen MR) is 108 cm³/mol. The number of rotatable bonds is 7. The Balaban J connectivity index is 1.86. The number of hydrogen-bond acceptors (Lipinski definition) is 7. The normalized spacial score (nSPS) is 23.2. The van der Waals surface area contributed by atoms with Crippen molar-refractivity contribution in [2.45, 2.75) is 25.7 Å². The van der Waals surface area contributed by atoms with Gasteiger partial charge in [0.1, 0.15) is 0 Å². The third-order valence-corrected chi connectivity index (χ3v) is 5.24. The van der Waals surface area contributed by atoms with E-state index in [0.717, 1.165) is 16.5 Å². The van der Waals surface area contributed by atoms with Crippen molar-refractivity contribution in [1.82, 2.24) is 4.98 Å². The van der Waals surface area contributed by atoms with E-state index in [9.17, 15) is 9.59 Å². The summed E-state index contributed by atoms with van der Waals surface area (Å²) in [5, 5.41) is 0.951. The summed E-state index contributed by atoms with van der Waals surface area (Å²) < 4.78 is 21.6. The Morgan fingerprint density at radius 3 is 2.70 bits per heavy atom. The van der Waals surface area contributed by atoms with Gasteiger partial charge in [0.2, 0.25) is 5.79 Å². The number of cyclic esters (lactones) is 1. The molecule has 0 aliphatic carbocycles. The van der Waals surface area contributed by atoms with Gasteiger partial charge >= 0.3 is 5.97 Å². The Morgan fingerprint density at radius 2 is 1.97 bits per heavy atom. The number of ether oxygens (including phenoxy) is 4. The van der Waals surface area contributed by atoms with Gasteiger partial charge in [0.25, 0.3) is 5.91 Å². The number of nitrogens with zero attached hydrogens (tertiary/aromatic N) is 2. The SMILES string of the molecule is CC[C@@]1(OCOC)OC(=O)C2C(=O)N=C(c3nc4ccccc4cc3COC)C=C21. The average Bonchev–Trinajstić information content (AvgIpc) is 3.04. The van der Waals surface area contributed by atoms with Gasteiger partial charge in [-0.25, -0.2) is 9.98 Å². The van der Waals surface area contributed by atoms with Crippen molar-refractivity contribution in [1.29, 1.82) is 0 Å². The fourth-order valence-electron chi connectivity index (χ4n) is 3.83. The summed E-state index contributed by atoms with van der Waals surface area (Å²) in [6, 6.07) is 9.62. The summed E-state index contributed by atoms with van der Waals surface area (Å²) in [7, 11) is 3.06. The minimum Gasteiger partial charge on any atom is -0.428 e. The molecule has 0 N–H and O–H groups in total. The summed E-state index contributed by atoms with van der Waals surface area (Å²) >= 11 is 0. The van der Waals surface area contributed by atoms with Crippen molar-refractivity contribution in [3.05, 3.63) is 53.2 Å². The number of dihydropyridines is 1. The fourth-order valence-corrected chi connectivity index (χ4v) is 3.83. The largest absolute Gasteiger partial charge is 0.428 e. The van der Waals surface area contributed by atoms with Crippen LogP contribution in [0.1, 0.15) is 24.6 Å². The average molecular weight is 410 g/mol. The first kappa shape index (κ1) is 20.3. The molecule has 8 heteroatoms. The second-order valence-electron chi connectivity index (χ2n) is 7.07. The molecule has 2 aromatic rings. The molecule has 1 aromatic heterocycles. The topological polar surface area (TPSA) is 96.3 Å². The number of para-hydroxylation sites is 1. The van der Waals surface area contributed by atoms with Crippen LogP contribution in [0.2, 0.25) is 0 Å². The molecule has 2 aliphatic heterocycles. The maximum Gasteiger partial charge on any atom is 0.325 e. The lowest BCUT2D eigenvalue weighted by Gasteiger charge is -2.28. The molecule has 1 unspecified atom stereocenters. The van der Waals surface area contributed by atoms with E-state index in [0.29, 0.717) is 30.0 Å². The molecule has 1 aromatic carbocycles. The van der Waals surface area contributed by atoms with Crippen molar-refractivity contribution in [3.63, 3.8) is 0 Å². The molecule has 156 valence electrons. The summed E-state index contributed by atoms with van der Waals surface area (Å²) in [5.41, 5.74) is 2.83. The van der Waals surface area contributed by atoms with Crippen LogP contribution in [0.5, 0.6) is 0 Å². The molecule has 2 aliphatic rings. The Kier molecular flexibility index (Phi) is 5.46. The van der Waals surface area contributed by atoms with E-state index in [1.165, 1.54) is 7.11 Å². The predicted octanol–water partition coefficient (Wildman–Crippen LogP) is 2.54. The van der Waals surface area contributed by atoms with Gasteiger partial charge in [-0.3, -0.25) is 9.59 Å². The highest BCUT2D eigenvalue weighted by molar-refractivity contribution is 6.20. The zero-order valence-electron chi connectivity index (χ0n) is 17.0. The molecular weight excluding hydrogens is 388 g/mol. The van der Waals surface area contributed by atoms with Gasteiger partial charge in [0.15, 0.2) is 12.7 Å². The number of esters is 1. The molecule has 1 saturated heterocycles. The minimum atomic E-state index is -1.37. The highest BCUT2D eigenvalue weighted by Crippen LogP contribution is 2.43. The van der Waals surface area contributed by atoms with Crippen LogP contribution in [0, 0.1) is 5.92 Å². The molecular formula is C22H22N2O6. The van der Waals surface area contributed by atoms with Crippen molar-refractivity contribution >= 4 is 28.5 Å². The van der Waals surface area contributed by atoms with Gasteiger partial charge < -0.3 is 18.9 Å². The molecule has 0 spiro atoms. The Bertz CT molecular complexity index is 1080. The first-order valence-corrected chi connectivity index (χ1v) is 9.61. The number of carbonyl (C=O) groups excluding carboxylic acids is 2. The Morgan fingerprint density at radius 1 is 1.17 bits per heavy atom. The molecule has 0 radical (unpaired) electrons. The highest BCUT2D eigenvalue weighted by atomic mass is 16.8. The number of aromatic nitrogens is 1. The van der Waals surface area contributed by atoms with E-state index in [4.69, 9.17) is 23.9 Å². The molecule has 8 nitrogen and oxygen atoms in total. The van der Waals surface area contributed by atoms with Crippen LogP contribution >= 0.6 is 0 Å². The molecule has 2 atom stereocenters. The number of hydrogen-bond donors (Lipinski definition) is 0. The van der Waals surface area contributed by atoms with E-state index >= 15 is 0 Å². The van der Waals surface area contributed by atoms with Gasteiger partial charge in [0.05, 0.1) is 23.5 Å². The molecule has 0 bridgehead atoms. The Hall–Kier alpha value is -2.94. The van der Waals surface area contributed by atoms with Crippen molar-refractivity contribution in [3.8, 4) is 0 Å². The molecule has 1 fully saturated rings. The first-order chi connectivity index (χ1) is 14.5. The van der Waals surface area contributed by atoms with Gasteiger partial charge in [0, 0.05) is 37.2 Å². The van der Waals surface area contributed by atoms with E-state index in [2.05, 4.69) is 4.99 Å². The number of aliphatic imine (C=N–C) groups is 1. The third-order valence-electron chi connectivity index (χ3n) is 5.24. The number of amides is 1. The van der Waals surface area contributed by atoms with Crippen molar-refractivity contribution in [2.24, 2.45) is 10.9 Å². The van der Waals surface area contributed by atoms with Crippen molar-refractivity contribution in [2.75, 3.05) is 21.0 Å². The Labute approximate surface area is 173 Å². The van der Waals surface area contributed by atoms with E-state index in [-0.39, 0.29) is 6.79 Å². The van der Waals surface area contributed by atoms with Crippen LogP contribution in [-0.4, -0.2) is 49.4 Å². The number of methoxy groups -OCH3 is 2. The maximum atomic E-state index is 12.8. The smallest absolute Gasteiger partial charge is 0.325 e. The van der Waals surface area contributed by atoms with Gasteiger partial charge in [-0.1, -0.05) is 25.1 Å².